The molecule has 0 aliphatic rings. The number of hydrogen-bond acceptors (Lipinski definition) is 5. The Kier molecular flexibility index (Phi) is 3.77. The van der Waals surface area contributed by atoms with E-state index >= 15 is 0 Å². The quantitative estimate of drug-likeness (QED) is 0.909. The number of aromatic hydroxyl groups is 1. The zero-order valence-electron chi connectivity index (χ0n) is 10.5. The topological polar surface area (TPSA) is 79.3 Å². The van der Waals surface area contributed by atoms with Crippen LogP contribution in [0, 0.1) is 0 Å². The van der Waals surface area contributed by atoms with Crippen LogP contribution in [0.25, 0.3) is 0 Å². The number of rotatable bonds is 4. The van der Waals surface area contributed by atoms with Crippen LogP contribution in [0.2, 0.25) is 0 Å². The van der Waals surface area contributed by atoms with E-state index in [-0.39, 0.29) is 16.6 Å². The van der Waals surface area contributed by atoms with Crippen LogP contribution in [0.15, 0.2) is 34.5 Å². The Labute approximate surface area is 116 Å². The van der Waals surface area contributed by atoms with Crippen molar-refractivity contribution in [3.05, 3.63) is 35.3 Å². The van der Waals surface area contributed by atoms with E-state index in [2.05, 4.69) is 9.71 Å². The molecular formula is C12H14N2O3S2. The van der Waals surface area contributed by atoms with Crippen LogP contribution in [0.4, 0.5) is 5.13 Å². The Morgan fingerprint density at radius 3 is 2.58 bits per heavy atom. The largest absolute Gasteiger partial charge is 0.507 e. The molecule has 0 aliphatic heterocycles. The summed E-state index contributed by atoms with van der Waals surface area (Å²) in [5.74, 6) is -0.0460. The molecule has 0 saturated heterocycles. The van der Waals surface area contributed by atoms with Crippen LogP contribution in [0.1, 0.15) is 25.5 Å². The molecule has 0 unspecified atom stereocenters. The molecule has 0 radical (unpaired) electrons. The number of phenols is 1. The first-order chi connectivity index (χ1) is 8.90. The second kappa shape index (κ2) is 5.18. The number of sulfonamides is 1. The third-order valence-corrected chi connectivity index (χ3v) is 4.78. The summed E-state index contributed by atoms with van der Waals surface area (Å²) in [5, 5.41) is 11.7. The number of anilines is 1. The van der Waals surface area contributed by atoms with Crippen LogP contribution in [-0.4, -0.2) is 18.5 Å². The summed E-state index contributed by atoms with van der Waals surface area (Å²) in [6.45, 7) is 3.96. The highest BCUT2D eigenvalue weighted by atomic mass is 32.2. The van der Waals surface area contributed by atoms with Crippen molar-refractivity contribution in [2.45, 2.75) is 24.7 Å². The van der Waals surface area contributed by atoms with Gasteiger partial charge in [-0.15, -0.1) is 11.3 Å². The second-order valence-electron chi connectivity index (χ2n) is 4.31. The molecule has 0 spiro atoms. The summed E-state index contributed by atoms with van der Waals surface area (Å²) in [6.07, 6.45) is 0. The summed E-state index contributed by atoms with van der Waals surface area (Å²) >= 11 is 1.22. The van der Waals surface area contributed by atoms with E-state index in [9.17, 15) is 13.5 Å². The van der Waals surface area contributed by atoms with Crippen molar-refractivity contribution in [3.8, 4) is 5.75 Å². The molecule has 1 aromatic heterocycles. The van der Waals surface area contributed by atoms with Crippen molar-refractivity contribution in [3.63, 3.8) is 0 Å². The molecule has 1 heterocycles. The van der Waals surface area contributed by atoms with Gasteiger partial charge in [0, 0.05) is 5.38 Å². The van der Waals surface area contributed by atoms with Crippen molar-refractivity contribution < 1.29 is 13.5 Å². The van der Waals surface area contributed by atoms with Gasteiger partial charge in [-0.2, -0.15) is 0 Å². The van der Waals surface area contributed by atoms with E-state index in [1.165, 1.54) is 23.5 Å². The number of para-hydroxylation sites is 1. The Bertz CT molecular complexity index is 678. The zero-order valence-corrected chi connectivity index (χ0v) is 12.1. The third kappa shape index (κ3) is 3.05. The number of nitrogens with zero attached hydrogens (tertiary/aromatic N) is 1. The number of phenolic OH excluding ortho intramolecular Hbond substituents is 1. The highest BCUT2D eigenvalue weighted by Gasteiger charge is 2.19. The number of aromatic nitrogens is 1. The van der Waals surface area contributed by atoms with Gasteiger partial charge in [-0.3, -0.25) is 4.72 Å². The maximum Gasteiger partial charge on any atom is 0.267 e. The van der Waals surface area contributed by atoms with Crippen LogP contribution in [-0.2, 0) is 10.0 Å². The summed E-state index contributed by atoms with van der Waals surface area (Å²) in [4.78, 5) is 4.04. The number of benzene rings is 1. The Balaban J connectivity index is 2.29. The fourth-order valence-corrected chi connectivity index (χ4v) is 3.68. The summed E-state index contributed by atoms with van der Waals surface area (Å²) in [7, 11) is -3.81. The smallest absolute Gasteiger partial charge is 0.267 e. The van der Waals surface area contributed by atoms with Crippen LogP contribution >= 0.6 is 11.3 Å². The van der Waals surface area contributed by atoms with Gasteiger partial charge in [0.2, 0.25) is 0 Å². The molecule has 0 amide bonds. The van der Waals surface area contributed by atoms with Crippen LogP contribution < -0.4 is 4.72 Å². The molecule has 0 atom stereocenters. The van der Waals surface area contributed by atoms with Crippen LogP contribution in [0.5, 0.6) is 5.75 Å². The fourth-order valence-electron chi connectivity index (χ4n) is 1.45. The van der Waals surface area contributed by atoms with Crippen molar-refractivity contribution in [2.75, 3.05) is 4.72 Å². The van der Waals surface area contributed by atoms with Crippen molar-refractivity contribution in [2.24, 2.45) is 0 Å². The average Bonchev–Trinajstić information content (AvgIpc) is 2.77. The first-order valence-electron chi connectivity index (χ1n) is 5.66. The van der Waals surface area contributed by atoms with Gasteiger partial charge in [-0.1, -0.05) is 26.0 Å². The van der Waals surface area contributed by atoms with Gasteiger partial charge in [0.15, 0.2) is 5.13 Å². The molecule has 2 aromatic rings. The maximum absolute atomic E-state index is 12.1. The lowest BCUT2D eigenvalue weighted by Gasteiger charge is -2.06. The predicted molar refractivity (Wildman–Crippen MR) is 75.1 cm³/mol. The van der Waals surface area contributed by atoms with Crippen molar-refractivity contribution >= 4 is 26.5 Å². The third-order valence-electron chi connectivity index (χ3n) is 2.49. The Morgan fingerprint density at radius 2 is 2.00 bits per heavy atom. The van der Waals surface area contributed by atoms with E-state index in [4.69, 9.17) is 0 Å². The maximum atomic E-state index is 12.1. The van der Waals surface area contributed by atoms with E-state index < -0.39 is 10.0 Å². The molecule has 102 valence electrons. The minimum absolute atomic E-state index is 0.156. The van der Waals surface area contributed by atoms with Crippen molar-refractivity contribution in [1.82, 2.24) is 4.98 Å². The van der Waals surface area contributed by atoms with Crippen LogP contribution in [0.3, 0.4) is 0 Å². The average molecular weight is 298 g/mol. The van der Waals surface area contributed by atoms with Gasteiger partial charge in [0.05, 0.1) is 5.69 Å². The van der Waals surface area contributed by atoms with Gasteiger partial charge in [-0.05, 0) is 18.1 Å². The molecule has 5 nitrogen and oxygen atoms in total. The van der Waals surface area contributed by atoms with Gasteiger partial charge in [0.1, 0.15) is 10.6 Å². The highest BCUT2D eigenvalue weighted by Crippen LogP contribution is 2.27. The molecule has 0 fully saturated rings. The van der Waals surface area contributed by atoms with Gasteiger partial charge in [-0.25, -0.2) is 13.4 Å². The Hall–Kier alpha value is -1.60. The first-order valence-corrected chi connectivity index (χ1v) is 8.02. The molecule has 7 heteroatoms. The Morgan fingerprint density at radius 1 is 1.32 bits per heavy atom. The van der Waals surface area contributed by atoms with Gasteiger partial charge >= 0.3 is 0 Å². The summed E-state index contributed by atoms with van der Waals surface area (Å²) in [5.41, 5.74) is 0.833. The lowest BCUT2D eigenvalue weighted by atomic mass is 10.2. The van der Waals surface area contributed by atoms with E-state index in [1.54, 1.807) is 12.1 Å². The van der Waals surface area contributed by atoms with E-state index in [0.29, 0.717) is 5.13 Å². The van der Waals surface area contributed by atoms with Crippen molar-refractivity contribution in [1.29, 1.82) is 0 Å². The molecule has 2 rings (SSSR count). The highest BCUT2D eigenvalue weighted by molar-refractivity contribution is 7.93. The zero-order chi connectivity index (χ0) is 14.0. The summed E-state index contributed by atoms with van der Waals surface area (Å²) < 4.78 is 26.6. The lowest BCUT2D eigenvalue weighted by Crippen LogP contribution is -2.13. The minimum Gasteiger partial charge on any atom is -0.507 e. The van der Waals surface area contributed by atoms with Gasteiger partial charge in [0.25, 0.3) is 10.0 Å². The number of hydrogen-bond donors (Lipinski definition) is 2. The SMILES string of the molecule is CC(C)c1csc(NS(=O)(=O)c2ccccc2O)n1. The second-order valence-corrected chi connectivity index (χ2v) is 6.81. The molecule has 19 heavy (non-hydrogen) atoms. The monoisotopic (exact) mass is 298 g/mol. The standard InChI is InChI=1S/C12H14N2O3S2/c1-8(2)9-7-18-12(13-9)14-19(16,17)11-6-4-3-5-10(11)15/h3-8,15H,1-2H3,(H,13,14). The lowest BCUT2D eigenvalue weighted by molar-refractivity contribution is 0.459. The molecule has 2 N–H and O–H groups in total. The normalized spacial score (nSPS) is 11.7. The first kappa shape index (κ1) is 13.8. The van der Waals surface area contributed by atoms with E-state index in [1.807, 2.05) is 19.2 Å². The number of thiazole rings is 1. The molecular weight excluding hydrogens is 284 g/mol. The molecule has 1 aromatic carbocycles. The predicted octanol–water partition coefficient (Wildman–Crippen LogP) is 2.77. The van der Waals surface area contributed by atoms with E-state index in [0.717, 1.165) is 5.69 Å². The number of nitrogens with one attached hydrogen (secondary N) is 1. The fraction of sp³-hybridized carbons (Fsp3) is 0.250. The molecule has 0 bridgehead atoms. The minimum atomic E-state index is -3.81. The van der Waals surface area contributed by atoms with Gasteiger partial charge < -0.3 is 5.11 Å². The summed E-state index contributed by atoms with van der Waals surface area (Å²) in [6, 6.07) is 5.79. The molecule has 0 aliphatic carbocycles. The molecule has 0 saturated carbocycles.